The molecule has 0 heterocycles. The summed E-state index contributed by atoms with van der Waals surface area (Å²) in [6.45, 7) is 5.02. The highest BCUT2D eigenvalue weighted by molar-refractivity contribution is 7.87. The lowest BCUT2D eigenvalue weighted by Gasteiger charge is -2.22. The normalized spacial score (nSPS) is 14.2. The molecule has 0 bridgehead atoms. The van der Waals surface area contributed by atoms with Gasteiger partial charge in [-0.05, 0) is 12.8 Å². The summed E-state index contributed by atoms with van der Waals surface area (Å²) in [6, 6.07) is -0.149. The minimum atomic E-state index is -3.37. The van der Waals surface area contributed by atoms with E-state index in [1.807, 2.05) is 6.92 Å². The molecule has 0 aliphatic rings. The van der Waals surface area contributed by atoms with Crippen LogP contribution in [0.25, 0.3) is 0 Å². The molecule has 3 N–H and O–H groups in total. The summed E-state index contributed by atoms with van der Waals surface area (Å²) in [6.07, 6.45) is 4.69. The van der Waals surface area contributed by atoms with Crippen LogP contribution < -0.4 is 10.5 Å². The molecule has 0 aromatic carbocycles. The second-order valence-electron chi connectivity index (χ2n) is 4.37. The smallest absolute Gasteiger partial charge is 0.279 e. The summed E-state index contributed by atoms with van der Waals surface area (Å²) in [7, 11) is -1.77. The van der Waals surface area contributed by atoms with Crippen molar-refractivity contribution in [3.63, 3.8) is 0 Å². The molecular formula is C11H27N3O2S. The van der Waals surface area contributed by atoms with Crippen LogP contribution in [0.2, 0.25) is 0 Å². The van der Waals surface area contributed by atoms with Gasteiger partial charge in [0.15, 0.2) is 0 Å². The molecule has 17 heavy (non-hydrogen) atoms. The molecule has 0 rings (SSSR count). The third-order valence-electron chi connectivity index (χ3n) is 2.74. The van der Waals surface area contributed by atoms with E-state index in [9.17, 15) is 8.42 Å². The van der Waals surface area contributed by atoms with Crippen molar-refractivity contribution in [2.24, 2.45) is 5.73 Å². The van der Waals surface area contributed by atoms with Crippen molar-refractivity contribution in [1.29, 1.82) is 0 Å². The SMILES string of the molecule is CCCCC(CN)NS(=O)(=O)N(C)CCCC. The lowest BCUT2D eigenvalue weighted by Crippen LogP contribution is -2.46. The van der Waals surface area contributed by atoms with Crippen molar-refractivity contribution < 1.29 is 8.42 Å². The molecule has 0 aromatic heterocycles. The molecule has 0 saturated carbocycles. The first-order valence-electron chi connectivity index (χ1n) is 6.41. The van der Waals surface area contributed by atoms with E-state index in [2.05, 4.69) is 11.6 Å². The number of hydrogen-bond donors (Lipinski definition) is 2. The minimum absolute atomic E-state index is 0.149. The maximum Gasteiger partial charge on any atom is 0.279 e. The van der Waals surface area contributed by atoms with Crippen LogP contribution >= 0.6 is 0 Å². The Hall–Kier alpha value is -0.170. The maximum absolute atomic E-state index is 11.9. The zero-order valence-corrected chi connectivity index (χ0v) is 12.1. The molecule has 104 valence electrons. The molecular weight excluding hydrogens is 238 g/mol. The first-order chi connectivity index (χ1) is 7.97. The van der Waals surface area contributed by atoms with Crippen molar-refractivity contribution >= 4 is 10.2 Å². The van der Waals surface area contributed by atoms with Gasteiger partial charge in [-0.25, -0.2) is 0 Å². The van der Waals surface area contributed by atoms with E-state index >= 15 is 0 Å². The second kappa shape index (κ2) is 8.85. The Morgan fingerprint density at radius 3 is 2.29 bits per heavy atom. The van der Waals surface area contributed by atoms with Gasteiger partial charge in [0.05, 0.1) is 0 Å². The average molecular weight is 265 g/mol. The first-order valence-corrected chi connectivity index (χ1v) is 7.85. The number of nitrogens with one attached hydrogen (secondary N) is 1. The minimum Gasteiger partial charge on any atom is -0.329 e. The summed E-state index contributed by atoms with van der Waals surface area (Å²) in [5.41, 5.74) is 5.58. The van der Waals surface area contributed by atoms with E-state index in [0.29, 0.717) is 13.1 Å². The Balaban J connectivity index is 4.29. The monoisotopic (exact) mass is 265 g/mol. The largest absolute Gasteiger partial charge is 0.329 e. The number of rotatable bonds is 10. The number of unbranched alkanes of at least 4 members (excludes halogenated alkanes) is 2. The van der Waals surface area contributed by atoms with Gasteiger partial charge < -0.3 is 5.73 Å². The summed E-state index contributed by atoms with van der Waals surface area (Å²) >= 11 is 0. The molecule has 1 atom stereocenters. The van der Waals surface area contributed by atoms with Gasteiger partial charge >= 0.3 is 0 Å². The van der Waals surface area contributed by atoms with Gasteiger partial charge in [-0.15, -0.1) is 0 Å². The van der Waals surface area contributed by atoms with Gasteiger partial charge in [-0.1, -0.05) is 33.1 Å². The van der Waals surface area contributed by atoms with Crippen LogP contribution in [0.5, 0.6) is 0 Å². The van der Waals surface area contributed by atoms with Gasteiger partial charge in [0.2, 0.25) is 0 Å². The van der Waals surface area contributed by atoms with E-state index < -0.39 is 10.2 Å². The summed E-state index contributed by atoms with van der Waals surface area (Å²) in [5.74, 6) is 0. The summed E-state index contributed by atoms with van der Waals surface area (Å²) in [5, 5.41) is 0. The Bertz CT molecular complexity index is 280. The Morgan fingerprint density at radius 1 is 1.24 bits per heavy atom. The first kappa shape index (κ1) is 16.8. The average Bonchev–Trinajstić information content (AvgIpc) is 2.31. The van der Waals surface area contributed by atoms with Crippen molar-refractivity contribution in [3.8, 4) is 0 Å². The fourth-order valence-corrected chi connectivity index (χ4v) is 2.66. The Labute approximate surface area is 106 Å². The number of hydrogen-bond acceptors (Lipinski definition) is 3. The molecule has 0 aliphatic carbocycles. The van der Waals surface area contributed by atoms with Crippen LogP contribution in [0.4, 0.5) is 0 Å². The molecule has 0 spiro atoms. The van der Waals surface area contributed by atoms with Crippen LogP contribution in [0.3, 0.4) is 0 Å². The molecule has 1 unspecified atom stereocenters. The highest BCUT2D eigenvalue weighted by Gasteiger charge is 2.20. The fraction of sp³-hybridized carbons (Fsp3) is 1.00. The zero-order valence-electron chi connectivity index (χ0n) is 11.3. The maximum atomic E-state index is 11.9. The lowest BCUT2D eigenvalue weighted by molar-refractivity contribution is 0.431. The molecule has 6 heteroatoms. The molecule has 0 aromatic rings. The summed E-state index contributed by atoms with van der Waals surface area (Å²) in [4.78, 5) is 0. The predicted octanol–water partition coefficient (Wildman–Crippen LogP) is 1.07. The highest BCUT2D eigenvalue weighted by Crippen LogP contribution is 2.04. The van der Waals surface area contributed by atoms with Gasteiger partial charge in [0.25, 0.3) is 10.2 Å². The number of nitrogens with zero attached hydrogens (tertiary/aromatic N) is 1. The van der Waals surface area contributed by atoms with Gasteiger partial charge in [0.1, 0.15) is 0 Å². The fourth-order valence-electron chi connectivity index (χ4n) is 1.48. The number of nitrogens with two attached hydrogens (primary N) is 1. The zero-order chi connectivity index (χ0) is 13.3. The molecule has 0 amide bonds. The van der Waals surface area contributed by atoms with E-state index in [0.717, 1.165) is 32.1 Å². The van der Waals surface area contributed by atoms with Crippen LogP contribution in [0.15, 0.2) is 0 Å². The van der Waals surface area contributed by atoms with Crippen molar-refractivity contribution in [2.75, 3.05) is 20.1 Å². The van der Waals surface area contributed by atoms with Gasteiger partial charge in [-0.2, -0.15) is 17.4 Å². The van der Waals surface area contributed by atoms with Crippen LogP contribution in [0, 0.1) is 0 Å². The van der Waals surface area contributed by atoms with Crippen LogP contribution in [0.1, 0.15) is 46.0 Å². The Kier molecular flexibility index (Phi) is 8.77. The third-order valence-corrected chi connectivity index (χ3v) is 4.38. The predicted molar refractivity (Wildman–Crippen MR) is 72.0 cm³/mol. The lowest BCUT2D eigenvalue weighted by atomic mass is 10.1. The van der Waals surface area contributed by atoms with Crippen molar-refractivity contribution in [3.05, 3.63) is 0 Å². The van der Waals surface area contributed by atoms with Crippen molar-refractivity contribution in [2.45, 2.75) is 52.0 Å². The summed E-state index contributed by atoms with van der Waals surface area (Å²) < 4.78 is 27.9. The topological polar surface area (TPSA) is 75.4 Å². The van der Waals surface area contributed by atoms with E-state index in [1.54, 1.807) is 7.05 Å². The molecule has 5 nitrogen and oxygen atoms in total. The molecule has 0 fully saturated rings. The highest BCUT2D eigenvalue weighted by atomic mass is 32.2. The standard InChI is InChI=1S/C11H27N3O2S/c1-4-6-8-11(10-12)13-17(15,16)14(3)9-7-5-2/h11,13H,4-10,12H2,1-3H3. The van der Waals surface area contributed by atoms with Crippen molar-refractivity contribution in [1.82, 2.24) is 9.03 Å². The second-order valence-corrected chi connectivity index (χ2v) is 6.18. The van der Waals surface area contributed by atoms with Gasteiger partial charge in [0, 0.05) is 26.2 Å². The molecule has 0 aliphatic heterocycles. The van der Waals surface area contributed by atoms with E-state index in [1.165, 1.54) is 4.31 Å². The molecule has 0 radical (unpaired) electrons. The quantitative estimate of drug-likeness (QED) is 0.620. The van der Waals surface area contributed by atoms with Gasteiger partial charge in [-0.3, -0.25) is 0 Å². The Morgan fingerprint density at radius 2 is 1.82 bits per heavy atom. The van der Waals surface area contributed by atoms with Crippen LogP contribution in [-0.4, -0.2) is 38.9 Å². The molecule has 0 saturated heterocycles. The van der Waals surface area contributed by atoms with E-state index in [-0.39, 0.29) is 6.04 Å². The van der Waals surface area contributed by atoms with Crippen LogP contribution in [-0.2, 0) is 10.2 Å². The third kappa shape index (κ3) is 6.98. The van der Waals surface area contributed by atoms with E-state index in [4.69, 9.17) is 5.73 Å².